The summed E-state index contributed by atoms with van der Waals surface area (Å²) in [5, 5.41) is -0.371. The van der Waals surface area contributed by atoms with Crippen LogP contribution in [0.5, 0.6) is 0 Å². The summed E-state index contributed by atoms with van der Waals surface area (Å²) >= 11 is 0.939. The molecule has 0 bridgehead atoms. The molecule has 0 aromatic heterocycles. The minimum absolute atomic E-state index is 0.315. The Labute approximate surface area is 82.7 Å². The number of hydrogen-bond donors (Lipinski definition) is 0. The van der Waals surface area contributed by atoms with Gasteiger partial charge in [0.05, 0.1) is 18.5 Å². The van der Waals surface area contributed by atoms with Gasteiger partial charge in [0.1, 0.15) is 6.29 Å². The molecular formula is C7H15O4PS. The molecule has 0 aliphatic carbocycles. The molecule has 0 rings (SSSR count). The van der Waals surface area contributed by atoms with Crippen molar-refractivity contribution in [1.29, 1.82) is 0 Å². The Morgan fingerprint density at radius 2 is 1.85 bits per heavy atom. The molecule has 0 N–H and O–H groups in total. The predicted octanol–water partition coefficient (Wildman–Crippen LogP) is 2.49. The maximum atomic E-state index is 11.7. The van der Waals surface area contributed by atoms with E-state index in [1.807, 2.05) is 0 Å². The number of carbonyl (C=O) groups is 1. The normalized spacial score (nSPS) is 14.1. The molecular weight excluding hydrogens is 211 g/mol. The van der Waals surface area contributed by atoms with Crippen molar-refractivity contribution >= 4 is 24.5 Å². The number of carbonyl (C=O) groups excluding carboxylic acids is 1. The molecule has 1 atom stereocenters. The molecule has 0 aromatic rings. The molecule has 0 fully saturated rings. The molecule has 0 aliphatic heterocycles. The van der Waals surface area contributed by atoms with Gasteiger partial charge in [-0.2, -0.15) is 0 Å². The minimum atomic E-state index is -3.11. The molecule has 1 unspecified atom stereocenters. The smallest absolute Gasteiger partial charge is 0.302 e. The molecule has 0 saturated carbocycles. The predicted molar refractivity (Wildman–Crippen MR) is 54.0 cm³/mol. The first-order chi connectivity index (χ1) is 6.08. The van der Waals surface area contributed by atoms with Crippen molar-refractivity contribution in [2.75, 3.05) is 13.2 Å². The van der Waals surface area contributed by atoms with E-state index in [9.17, 15) is 9.36 Å². The SMILES string of the molecule is CCOP(=O)(OCC)SC(C)C=O. The summed E-state index contributed by atoms with van der Waals surface area (Å²) in [7, 11) is 0. The van der Waals surface area contributed by atoms with Gasteiger partial charge in [-0.25, -0.2) is 4.57 Å². The lowest BCUT2D eigenvalue weighted by Crippen LogP contribution is -2.00. The van der Waals surface area contributed by atoms with Crippen molar-refractivity contribution in [2.45, 2.75) is 26.0 Å². The standard InChI is InChI=1S/C7H15O4PS/c1-4-10-12(9,11-5-2)13-7(3)6-8/h6-7H,4-5H2,1-3H3. The summed E-state index contributed by atoms with van der Waals surface area (Å²) in [6.07, 6.45) is 0.718. The molecule has 0 amide bonds. The summed E-state index contributed by atoms with van der Waals surface area (Å²) in [6, 6.07) is 0. The van der Waals surface area contributed by atoms with E-state index in [2.05, 4.69) is 0 Å². The summed E-state index contributed by atoms with van der Waals surface area (Å²) in [4.78, 5) is 10.3. The van der Waals surface area contributed by atoms with Gasteiger partial charge in [0.2, 0.25) is 0 Å². The van der Waals surface area contributed by atoms with Crippen LogP contribution in [-0.4, -0.2) is 24.7 Å². The maximum Gasteiger partial charge on any atom is 0.389 e. The second-order valence-electron chi connectivity index (χ2n) is 2.23. The van der Waals surface area contributed by atoms with Crippen LogP contribution in [0, 0.1) is 0 Å². The third-order valence-corrected chi connectivity index (χ3v) is 5.32. The van der Waals surface area contributed by atoms with Gasteiger partial charge in [-0.05, 0) is 32.2 Å². The van der Waals surface area contributed by atoms with Crippen LogP contribution in [0.1, 0.15) is 20.8 Å². The van der Waals surface area contributed by atoms with Gasteiger partial charge < -0.3 is 13.8 Å². The minimum Gasteiger partial charge on any atom is -0.302 e. The van der Waals surface area contributed by atoms with Gasteiger partial charge in [0.25, 0.3) is 0 Å². The number of hydrogen-bond acceptors (Lipinski definition) is 5. The Hall–Kier alpha value is 0.170. The van der Waals surface area contributed by atoms with Crippen LogP contribution >= 0.6 is 18.2 Å². The molecule has 13 heavy (non-hydrogen) atoms. The Kier molecular flexibility index (Phi) is 6.68. The second-order valence-corrected chi connectivity index (χ2v) is 6.57. The Balaban J connectivity index is 4.22. The molecule has 0 radical (unpaired) electrons. The van der Waals surface area contributed by atoms with E-state index >= 15 is 0 Å². The quantitative estimate of drug-likeness (QED) is 0.493. The summed E-state index contributed by atoms with van der Waals surface area (Å²) in [5.74, 6) is 0. The van der Waals surface area contributed by atoms with Crippen molar-refractivity contribution in [3.05, 3.63) is 0 Å². The zero-order chi connectivity index (χ0) is 10.3. The number of aldehydes is 1. The highest BCUT2D eigenvalue weighted by Gasteiger charge is 2.27. The largest absolute Gasteiger partial charge is 0.389 e. The summed E-state index contributed by atoms with van der Waals surface area (Å²) < 4.78 is 21.7. The average molecular weight is 226 g/mol. The van der Waals surface area contributed by atoms with Gasteiger partial charge in [0.15, 0.2) is 0 Å². The fraction of sp³-hybridized carbons (Fsp3) is 0.857. The average Bonchev–Trinajstić information content (AvgIpc) is 2.04. The first-order valence-electron chi connectivity index (χ1n) is 4.10. The van der Waals surface area contributed by atoms with Gasteiger partial charge >= 0.3 is 6.80 Å². The van der Waals surface area contributed by atoms with Crippen LogP contribution in [0.15, 0.2) is 0 Å². The summed E-state index contributed by atoms with van der Waals surface area (Å²) in [5.41, 5.74) is 0. The third kappa shape index (κ3) is 5.47. The highest BCUT2D eigenvalue weighted by Crippen LogP contribution is 2.61. The lowest BCUT2D eigenvalue weighted by Gasteiger charge is -2.16. The van der Waals surface area contributed by atoms with Crippen LogP contribution in [-0.2, 0) is 18.4 Å². The Morgan fingerprint density at radius 3 is 2.15 bits per heavy atom. The van der Waals surface area contributed by atoms with Crippen LogP contribution < -0.4 is 0 Å². The first-order valence-corrected chi connectivity index (χ1v) is 7.13. The molecule has 0 saturated heterocycles. The monoisotopic (exact) mass is 226 g/mol. The van der Waals surface area contributed by atoms with Gasteiger partial charge in [-0.3, -0.25) is 0 Å². The molecule has 0 aliphatic rings. The van der Waals surface area contributed by atoms with E-state index < -0.39 is 6.80 Å². The molecule has 78 valence electrons. The van der Waals surface area contributed by atoms with Crippen molar-refractivity contribution in [3.63, 3.8) is 0 Å². The van der Waals surface area contributed by atoms with Gasteiger partial charge in [0, 0.05) is 0 Å². The van der Waals surface area contributed by atoms with Crippen LogP contribution in [0.4, 0.5) is 0 Å². The Bertz CT molecular complexity index is 187. The Morgan fingerprint density at radius 1 is 1.38 bits per heavy atom. The van der Waals surface area contributed by atoms with Crippen molar-refractivity contribution < 1.29 is 18.4 Å². The van der Waals surface area contributed by atoms with E-state index in [1.165, 1.54) is 0 Å². The zero-order valence-electron chi connectivity index (χ0n) is 8.06. The van der Waals surface area contributed by atoms with Crippen molar-refractivity contribution in [3.8, 4) is 0 Å². The zero-order valence-corrected chi connectivity index (χ0v) is 9.77. The van der Waals surface area contributed by atoms with Gasteiger partial charge in [-0.1, -0.05) is 0 Å². The van der Waals surface area contributed by atoms with Crippen molar-refractivity contribution in [2.24, 2.45) is 0 Å². The van der Waals surface area contributed by atoms with Crippen LogP contribution in [0.25, 0.3) is 0 Å². The fourth-order valence-corrected chi connectivity index (χ4v) is 4.30. The molecule has 4 nitrogen and oxygen atoms in total. The van der Waals surface area contributed by atoms with E-state index in [0.717, 1.165) is 17.7 Å². The van der Waals surface area contributed by atoms with E-state index in [4.69, 9.17) is 9.05 Å². The first kappa shape index (κ1) is 13.2. The second kappa shape index (κ2) is 6.60. The third-order valence-electron chi connectivity index (χ3n) is 1.06. The van der Waals surface area contributed by atoms with Crippen LogP contribution in [0.3, 0.4) is 0 Å². The topological polar surface area (TPSA) is 52.6 Å². The fourth-order valence-electron chi connectivity index (χ4n) is 0.643. The highest BCUT2D eigenvalue weighted by molar-refractivity contribution is 8.55. The van der Waals surface area contributed by atoms with E-state index in [-0.39, 0.29) is 5.25 Å². The molecule has 6 heteroatoms. The lowest BCUT2D eigenvalue weighted by atomic mass is 10.6. The molecule has 0 aromatic carbocycles. The van der Waals surface area contributed by atoms with Crippen LogP contribution in [0.2, 0.25) is 0 Å². The van der Waals surface area contributed by atoms with E-state index in [1.54, 1.807) is 20.8 Å². The van der Waals surface area contributed by atoms with E-state index in [0.29, 0.717) is 13.2 Å². The van der Waals surface area contributed by atoms with Gasteiger partial charge in [-0.15, -0.1) is 0 Å². The highest BCUT2D eigenvalue weighted by atomic mass is 32.7. The summed E-state index contributed by atoms with van der Waals surface area (Å²) in [6.45, 7) is 2.65. The maximum absolute atomic E-state index is 11.7. The van der Waals surface area contributed by atoms with Crippen molar-refractivity contribution in [1.82, 2.24) is 0 Å². The number of rotatable bonds is 7. The lowest BCUT2D eigenvalue weighted by molar-refractivity contribution is -0.107. The molecule has 0 spiro atoms. The molecule has 0 heterocycles.